The minimum absolute atomic E-state index is 0.0664. The number of hydrogen-bond acceptors (Lipinski definition) is 1. The van der Waals surface area contributed by atoms with E-state index in [9.17, 15) is 0 Å². The van der Waals surface area contributed by atoms with Crippen molar-refractivity contribution in [2.75, 3.05) is 0 Å². The van der Waals surface area contributed by atoms with Gasteiger partial charge in [-0.1, -0.05) is 18.6 Å². The van der Waals surface area contributed by atoms with Gasteiger partial charge in [-0.2, -0.15) is 0 Å². The molecule has 0 saturated carbocycles. The molecule has 1 heteroatoms. The van der Waals surface area contributed by atoms with E-state index in [-0.39, 0.29) is 17.6 Å². The van der Waals surface area contributed by atoms with Gasteiger partial charge in [-0.15, -0.1) is 25.5 Å². The maximum atomic E-state index is 6.05. The Morgan fingerprint density at radius 3 is 2.88 bits per heavy atom. The monoisotopic (exact) mass is 218 g/mol. The lowest BCUT2D eigenvalue weighted by Crippen LogP contribution is -2.25. The van der Waals surface area contributed by atoms with Crippen LogP contribution in [0.5, 0.6) is 0 Å². The summed E-state index contributed by atoms with van der Waals surface area (Å²) in [5.41, 5.74) is 1.24. The summed E-state index contributed by atoms with van der Waals surface area (Å²) >= 11 is 0. The standard InChI is InChI=1S/C15H22O/c1-6-8-9-14-15(5,7-2)11-13(16-14)10-12(3)4/h1,7,13-14H,2-3,8-11H2,4-5H3/t13-,14-,15+/m0/s1. The lowest BCUT2D eigenvalue weighted by molar-refractivity contribution is 0.0217. The van der Waals surface area contributed by atoms with E-state index in [1.165, 1.54) is 5.57 Å². The van der Waals surface area contributed by atoms with Gasteiger partial charge in [0, 0.05) is 11.8 Å². The molecule has 0 spiro atoms. The van der Waals surface area contributed by atoms with Crippen LogP contribution in [0.4, 0.5) is 0 Å². The molecule has 1 saturated heterocycles. The van der Waals surface area contributed by atoms with Gasteiger partial charge >= 0.3 is 0 Å². The fourth-order valence-corrected chi connectivity index (χ4v) is 2.39. The van der Waals surface area contributed by atoms with Gasteiger partial charge in [0.1, 0.15) is 0 Å². The molecule has 1 aliphatic heterocycles. The topological polar surface area (TPSA) is 9.23 Å². The Bertz CT molecular complexity index is 310. The number of terminal acetylenes is 1. The molecule has 1 aliphatic rings. The highest BCUT2D eigenvalue weighted by atomic mass is 16.5. The van der Waals surface area contributed by atoms with Gasteiger partial charge in [0.2, 0.25) is 0 Å². The van der Waals surface area contributed by atoms with Crippen LogP contribution < -0.4 is 0 Å². The molecule has 0 unspecified atom stereocenters. The summed E-state index contributed by atoms with van der Waals surface area (Å²) in [6.07, 6.45) is 11.5. The zero-order valence-electron chi connectivity index (χ0n) is 10.5. The van der Waals surface area contributed by atoms with Crippen molar-refractivity contribution < 1.29 is 4.74 Å². The molecule has 0 aromatic heterocycles. The maximum Gasteiger partial charge on any atom is 0.0676 e. The Hall–Kier alpha value is -1.00. The van der Waals surface area contributed by atoms with Crippen LogP contribution >= 0.6 is 0 Å². The second-order valence-corrected chi connectivity index (χ2v) is 5.06. The Morgan fingerprint density at radius 2 is 2.38 bits per heavy atom. The molecule has 0 amide bonds. The third kappa shape index (κ3) is 3.00. The zero-order valence-corrected chi connectivity index (χ0v) is 10.5. The van der Waals surface area contributed by atoms with Crippen LogP contribution in [0.3, 0.4) is 0 Å². The van der Waals surface area contributed by atoms with Crippen LogP contribution in [0.25, 0.3) is 0 Å². The molecule has 0 aliphatic carbocycles. The molecule has 16 heavy (non-hydrogen) atoms. The molecule has 3 atom stereocenters. The van der Waals surface area contributed by atoms with E-state index in [1.54, 1.807) is 0 Å². The summed E-state index contributed by atoms with van der Waals surface area (Å²) in [5.74, 6) is 2.68. The minimum atomic E-state index is 0.0664. The Kier molecular flexibility index (Phi) is 4.38. The fourth-order valence-electron chi connectivity index (χ4n) is 2.39. The Balaban J connectivity index is 2.65. The molecular formula is C15H22O. The number of ether oxygens (including phenoxy) is 1. The van der Waals surface area contributed by atoms with Crippen molar-refractivity contribution in [3.8, 4) is 12.3 Å². The summed E-state index contributed by atoms with van der Waals surface area (Å²) < 4.78 is 6.05. The van der Waals surface area contributed by atoms with Crippen LogP contribution in [-0.4, -0.2) is 12.2 Å². The van der Waals surface area contributed by atoms with Gasteiger partial charge in [-0.3, -0.25) is 0 Å². The van der Waals surface area contributed by atoms with Gasteiger partial charge in [0.25, 0.3) is 0 Å². The van der Waals surface area contributed by atoms with Gasteiger partial charge in [-0.05, 0) is 26.2 Å². The third-order valence-electron chi connectivity index (χ3n) is 3.35. The molecule has 0 aromatic carbocycles. The normalized spacial score (nSPS) is 33.3. The molecule has 0 bridgehead atoms. The second kappa shape index (κ2) is 5.37. The maximum absolute atomic E-state index is 6.05. The number of rotatable bonds is 5. The summed E-state index contributed by atoms with van der Waals surface area (Å²) in [5, 5.41) is 0. The van der Waals surface area contributed by atoms with Crippen LogP contribution in [0.2, 0.25) is 0 Å². The van der Waals surface area contributed by atoms with Gasteiger partial charge in [0.15, 0.2) is 0 Å². The van der Waals surface area contributed by atoms with Crippen molar-refractivity contribution in [2.24, 2.45) is 5.41 Å². The smallest absolute Gasteiger partial charge is 0.0676 e. The third-order valence-corrected chi connectivity index (χ3v) is 3.35. The van der Waals surface area contributed by atoms with Crippen molar-refractivity contribution in [1.82, 2.24) is 0 Å². The lowest BCUT2D eigenvalue weighted by Gasteiger charge is -2.25. The van der Waals surface area contributed by atoms with E-state index in [1.807, 2.05) is 13.0 Å². The largest absolute Gasteiger partial charge is 0.374 e. The van der Waals surface area contributed by atoms with E-state index >= 15 is 0 Å². The predicted octanol–water partition coefficient (Wildman–Crippen LogP) is 3.72. The van der Waals surface area contributed by atoms with Crippen LogP contribution in [0, 0.1) is 17.8 Å². The van der Waals surface area contributed by atoms with E-state index < -0.39 is 0 Å². The van der Waals surface area contributed by atoms with E-state index in [4.69, 9.17) is 11.2 Å². The first-order valence-corrected chi connectivity index (χ1v) is 5.88. The van der Waals surface area contributed by atoms with Crippen molar-refractivity contribution in [2.45, 2.75) is 51.7 Å². The van der Waals surface area contributed by atoms with Crippen LogP contribution in [0.1, 0.15) is 39.5 Å². The first-order chi connectivity index (χ1) is 7.51. The average Bonchev–Trinajstić information content (AvgIpc) is 2.52. The van der Waals surface area contributed by atoms with E-state index in [0.717, 1.165) is 25.7 Å². The molecule has 88 valence electrons. The molecule has 1 rings (SSSR count). The highest BCUT2D eigenvalue weighted by Gasteiger charge is 2.42. The van der Waals surface area contributed by atoms with E-state index in [0.29, 0.717) is 0 Å². The average molecular weight is 218 g/mol. The minimum Gasteiger partial charge on any atom is -0.374 e. The summed E-state index contributed by atoms with van der Waals surface area (Å²) in [4.78, 5) is 0. The highest BCUT2D eigenvalue weighted by molar-refractivity contribution is 5.06. The van der Waals surface area contributed by atoms with E-state index in [2.05, 4.69) is 26.0 Å². The Labute approximate surface area is 99.6 Å². The summed E-state index contributed by atoms with van der Waals surface area (Å²) in [6.45, 7) is 12.1. The van der Waals surface area contributed by atoms with Crippen molar-refractivity contribution >= 4 is 0 Å². The molecule has 0 aromatic rings. The van der Waals surface area contributed by atoms with Crippen molar-refractivity contribution in [3.05, 3.63) is 24.8 Å². The lowest BCUT2D eigenvalue weighted by atomic mass is 9.80. The number of hydrogen-bond donors (Lipinski definition) is 0. The molecular weight excluding hydrogens is 196 g/mol. The summed E-state index contributed by atoms with van der Waals surface area (Å²) in [6, 6.07) is 0. The molecule has 1 nitrogen and oxygen atoms in total. The first-order valence-electron chi connectivity index (χ1n) is 5.88. The van der Waals surface area contributed by atoms with Crippen LogP contribution in [-0.2, 0) is 4.74 Å². The predicted molar refractivity (Wildman–Crippen MR) is 69.1 cm³/mol. The molecule has 0 radical (unpaired) electrons. The zero-order chi connectivity index (χ0) is 12.2. The van der Waals surface area contributed by atoms with Gasteiger partial charge in [0.05, 0.1) is 12.2 Å². The quantitative estimate of drug-likeness (QED) is 0.505. The highest BCUT2D eigenvalue weighted by Crippen LogP contribution is 2.42. The molecule has 0 N–H and O–H groups in total. The second-order valence-electron chi connectivity index (χ2n) is 5.06. The summed E-state index contributed by atoms with van der Waals surface area (Å²) in [7, 11) is 0. The SMILES string of the molecule is C#CCC[C@@H]1O[C@@H](CC(=C)C)C[C@@]1(C)C=C. The van der Waals surface area contributed by atoms with Gasteiger partial charge in [-0.25, -0.2) is 0 Å². The van der Waals surface area contributed by atoms with Gasteiger partial charge < -0.3 is 4.74 Å². The van der Waals surface area contributed by atoms with Crippen molar-refractivity contribution in [3.63, 3.8) is 0 Å². The Morgan fingerprint density at radius 1 is 1.69 bits per heavy atom. The molecule has 1 heterocycles. The molecule has 1 fully saturated rings. The van der Waals surface area contributed by atoms with Crippen LogP contribution in [0.15, 0.2) is 24.8 Å². The fraction of sp³-hybridized carbons (Fsp3) is 0.600. The first kappa shape index (κ1) is 13.1. The van der Waals surface area contributed by atoms with Crippen molar-refractivity contribution in [1.29, 1.82) is 0 Å².